The number of rotatable bonds is 8. The van der Waals surface area contributed by atoms with Crippen LogP contribution in [-0.4, -0.2) is 40.6 Å². The second kappa shape index (κ2) is 11.6. The Morgan fingerprint density at radius 3 is 2.62 bits per heavy atom. The number of carbonyl (C=O) groups is 1. The number of ether oxygens (including phenoxy) is 2. The first-order chi connectivity index (χ1) is 18.5. The van der Waals surface area contributed by atoms with Gasteiger partial charge in [-0.3, -0.25) is 9.10 Å². The lowest BCUT2D eigenvalue weighted by molar-refractivity contribution is -0.119. The molecule has 0 radical (unpaired) electrons. The van der Waals surface area contributed by atoms with E-state index in [9.17, 15) is 22.0 Å². The number of hydrogen-bond donors (Lipinski definition) is 1. The molecular weight excluding hydrogens is 550 g/mol. The van der Waals surface area contributed by atoms with Crippen molar-refractivity contribution in [3.8, 4) is 11.5 Å². The minimum absolute atomic E-state index is 0.0557. The van der Waals surface area contributed by atoms with Crippen LogP contribution in [0.2, 0.25) is 5.02 Å². The molecule has 1 heterocycles. The van der Waals surface area contributed by atoms with Crippen molar-refractivity contribution in [2.45, 2.75) is 31.3 Å². The number of amides is 1. The minimum Gasteiger partial charge on any atom is -0.494 e. The van der Waals surface area contributed by atoms with Crippen molar-refractivity contribution in [3.63, 3.8) is 0 Å². The topological polar surface area (TPSA) is 84.9 Å². The molecule has 0 spiro atoms. The number of halogens is 3. The van der Waals surface area contributed by atoms with Gasteiger partial charge in [-0.2, -0.15) is 0 Å². The first-order valence-corrected chi connectivity index (χ1v) is 13.9. The SMILES string of the molecule is COc1cc(S(=O)(=O)N2CC(CCNC(C)=O)Oc3ccc(C=C(C)c4c(F)cccc4Cl)cc32)ccc1F. The Hall–Kier alpha value is -3.63. The van der Waals surface area contributed by atoms with Crippen molar-refractivity contribution >= 4 is 44.9 Å². The number of methoxy groups -OCH3 is 1. The summed E-state index contributed by atoms with van der Waals surface area (Å²) in [5.41, 5.74) is 1.63. The maximum Gasteiger partial charge on any atom is 0.264 e. The van der Waals surface area contributed by atoms with E-state index in [1.54, 1.807) is 37.3 Å². The van der Waals surface area contributed by atoms with Crippen LogP contribution >= 0.6 is 11.6 Å². The van der Waals surface area contributed by atoms with Crippen LogP contribution in [0.3, 0.4) is 0 Å². The van der Waals surface area contributed by atoms with Gasteiger partial charge in [0.05, 0.1) is 29.3 Å². The van der Waals surface area contributed by atoms with Crippen LogP contribution in [0.5, 0.6) is 11.5 Å². The number of benzene rings is 3. The number of nitrogens with zero attached hydrogens (tertiary/aromatic N) is 1. The summed E-state index contributed by atoms with van der Waals surface area (Å²) in [7, 11) is -2.94. The fourth-order valence-electron chi connectivity index (χ4n) is 4.33. The van der Waals surface area contributed by atoms with E-state index >= 15 is 0 Å². The summed E-state index contributed by atoms with van der Waals surface area (Å²) < 4.78 is 68.5. The Morgan fingerprint density at radius 2 is 1.92 bits per heavy atom. The fraction of sp³-hybridized carbons (Fsp3) is 0.250. The molecule has 0 saturated carbocycles. The van der Waals surface area contributed by atoms with Gasteiger partial charge in [0.2, 0.25) is 5.91 Å². The van der Waals surface area contributed by atoms with E-state index in [-0.39, 0.29) is 45.9 Å². The van der Waals surface area contributed by atoms with E-state index in [1.165, 1.54) is 36.5 Å². The average Bonchev–Trinajstić information content (AvgIpc) is 2.88. The third-order valence-electron chi connectivity index (χ3n) is 6.21. The molecule has 0 saturated heterocycles. The normalized spacial score (nSPS) is 15.4. The molecule has 0 bridgehead atoms. The van der Waals surface area contributed by atoms with Crippen LogP contribution in [0.15, 0.2) is 59.5 Å². The molecule has 1 unspecified atom stereocenters. The van der Waals surface area contributed by atoms with E-state index in [4.69, 9.17) is 21.1 Å². The van der Waals surface area contributed by atoms with Crippen molar-refractivity contribution in [1.29, 1.82) is 0 Å². The number of fused-ring (bicyclic) bond motifs is 1. The molecule has 0 aliphatic carbocycles. The van der Waals surface area contributed by atoms with Crippen LogP contribution < -0.4 is 19.1 Å². The zero-order chi connectivity index (χ0) is 28.3. The van der Waals surface area contributed by atoms with Crippen molar-refractivity contribution in [3.05, 3.63) is 82.4 Å². The predicted molar refractivity (Wildman–Crippen MR) is 147 cm³/mol. The molecule has 3 aromatic carbocycles. The molecule has 1 N–H and O–H groups in total. The third-order valence-corrected chi connectivity index (χ3v) is 8.30. The molecule has 1 atom stereocenters. The minimum atomic E-state index is -4.19. The quantitative estimate of drug-likeness (QED) is 0.349. The van der Waals surface area contributed by atoms with Gasteiger partial charge in [0.1, 0.15) is 17.7 Å². The lowest BCUT2D eigenvalue weighted by atomic mass is 10.0. The standard InChI is InChI=1S/C28H27ClF2N2O5S/c1-17(28-22(29)5-4-6-24(28)31)13-19-7-10-26-25(14-19)33(16-20(38-26)11-12-32-18(2)34)39(35,36)21-8-9-23(30)27(15-21)37-3/h4-10,13-15,20H,11-12,16H2,1-3H3,(H,32,34). The monoisotopic (exact) mass is 576 g/mol. The zero-order valence-corrected chi connectivity index (χ0v) is 23.1. The molecule has 1 aliphatic heterocycles. The molecule has 206 valence electrons. The van der Waals surface area contributed by atoms with Crippen molar-refractivity contribution in [2.24, 2.45) is 0 Å². The largest absolute Gasteiger partial charge is 0.494 e. The number of sulfonamides is 1. The van der Waals surface area contributed by atoms with Crippen molar-refractivity contribution in [2.75, 3.05) is 24.5 Å². The van der Waals surface area contributed by atoms with Crippen LogP contribution in [0.25, 0.3) is 11.6 Å². The molecule has 4 rings (SSSR count). The predicted octanol–water partition coefficient (Wildman–Crippen LogP) is 5.67. The average molecular weight is 577 g/mol. The molecule has 0 fully saturated rings. The molecule has 1 aliphatic rings. The molecule has 39 heavy (non-hydrogen) atoms. The Kier molecular flexibility index (Phi) is 8.46. The summed E-state index contributed by atoms with van der Waals surface area (Å²) in [4.78, 5) is 11.1. The van der Waals surface area contributed by atoms with Gasteiger partial charge in [0.15, 0.2) is 11.6 Å². The maximum atomic E-state index is 14.5. The van der Waals surface area contributed by atoms with E-state index in [0.29, 0.717) is 23.3 Å². The van der Waals surface area contributed by atoms with Gasteiger partial charge in [-0.1, -0.05) is 29.8 Å². The maximum absolute atomic E-state index is 14.5. The highest BCUT2D eigenvalue weighted by molar-refractivity contribution is 7.92. The van der Waals surface area contributed by atoms with Crippen LogP contribution in [0, 0.1) is 11.6 Å². The lowest BCUT2D eigenvalue weighted by Gasteiger charge is -2.36. The number of nitrogens with one attached hydrogen (secondary N) is 1. The number of anilines is 1. The van der Waals surface area contributed by atoms with E-state index in [0.717, 1.165) is 12.1 Å². The van der Waals surface area contributed by atoms with Gasteiger partial charge in [-0.25, -0.2) is 17.2 Å². The summed E-state index contributed by atoms with van der Waals surface area (Å²) in [5.74, 6) is -1.28. The van der Waals surface area contributed by atoms with Crippen molar-refractivity contribution in [1.82, 2.24) is 5.32 Å². The van der Waals surface area contributed by atoms with Crippen LogP contribution in [0.1, 0.15) is 31.4 Å². The zero-order valence-electron chi connectivity index (χ0n) is 21.5. The Labute approximate surface area is 231 Å². The van der Waals surface area contributed by atoms with E-state index in [1.807, 2.05) is 0 Å². The second-order valence-corrected chi connectivity index (χ2v) is 11.3. The molecule has 0 aromatic heterocycles. The van der Waals surface area contributed by atoms with Gasteiger partial charge in [0, 0.05) is 31.5 Å². The van der Waals surface area contributed by atoms with Crippen LogP contribution in [0.4, 0.5) is 14.5 Å². The van der Waals surface area contributed by atoms with E-state index < -0.39 is 27.8 Å². The summed E-state index contributed by atoms with van der Waals surface area (Å²) in [6.45, 7) is 3.33. The molecule has 11 heteroatoms. The highest BCUT2D eigenvalue weighted by Gasteiger charge is 2.35. The summed E-state index contributed by atoms with van der Waals surface area (Å²) in [5, 5.41) is 2.94. The highest BCUT2D eigenvalue weighted by Crippen LogP contribution is 2.40. The number of carbonyl (C=O) groups excluding carboxylic acids is 1. The first kappa shape index (κ1) is 28.4. The Bertz CT molecular complexity index is 1520. The fourth-order valence-corrected chi connectivity index (χ4v) is 6.16. The third kappa shape index (κ3) is 6.17. The molecule has 1 amide bonds. The number of hydrogen-bond acceptors (Lipinski definition) is 5. The van der Waals surface area contributed by atoms with Gasteiger partial charge in [-0.05, 0) is 54.5 Å². The Morgan fingerprint density at radius 1 is 1.15 bits per heavy atom. The first-order valence-electron chi connectivity index (χ1n) is 12.1. The van der Waals surface area contributed by atoms with Gasteiger partial charge in [0.25, 0.3) is 10.0 Å². The van der Waals surface area contributed by atoms with Gasteiger partial charge in [-0.15, -0.1) is 0 Å². The Balaban J connectivity index is 1.77. The smallest absolute Gasteiger partial charge is 0.264 e. The molecular formula is C28H27ClF2N2O5S. The summed E-state index contributed by atoms with van der Waals surface area (Å²) >= 11 is 6.22. The molecule has 3 aromatic rings. The lowest BCUT2D eigenvalue weighted by Crippen LogP contribution is -2.44. The van der Waals surface area contributed by atoms with Gasteiger partial charge >= 0.3 is 0 Å². The van der Waals surface area contributed by atoms with Gasteiger partial charge < -0.3 is 14.8 Å². The van der Waals surface area contributed by atoms with E-state index in [2.05, 4.69) is 5.32 Å². The molecule has 7 nitrogen and oxygen atoms in total. The van der Waals surface area contributed by atoms with Crippen LogP contribution in [-0.2, 0) is 14.8 Å². The summed E-state index contributed by atoms with van der Waals surface area (Å²) in [6, 6.07) is 12.7. The second-order valence-electron chi connectivity index (χ2n) is 9.00. The summed E-state index contributed by atoms with van der Waals surface area (Å²) in [6.07, 6.45) is 1.48. The number of allylic oxidation sites excluding steroid dienone is 1. The van der Waals surface area contributed by atoms with Crippen molar-refractivity contribution < 1.29 is 31.5 Å². The highest BCUT2D eigenvalue weighted by atomic mass is 35.5.